The van der Waals surface area contributed by atoms with Gasteiger partial charge < -0.3 is 9.84 Å². The van der Waals surface area contributed by atoms with Crippen LogP contribution >= 0.6 is 11.3 Å². The fourth-order valence-electron chi connectivity index (χ4n) is 3.28. The summed E-state index contributed by atoms with van der Waals surface area (Å²) in [6.07, 6.45) is 0. The molecule has 152 valence electrons. The third kappa shape index (κ3) is 3.98. The van der Waals surface area contributed by atoms with Gasteiger partial charge in [0.2, 0.25) is 0 Å². The van der Waals surface area contributed by atoms with Crippen molar-refractivity contribution in [3.05, 3.63) is 89.6 Å². The molecule has 0 saturated heterocycles. The van der Waals surface area contributed by atoms with Crippen LogP contribution in [-0.2, 0) is 0 Å². The number of aryl methyl sites for hydroxylation is 2. The van der Waals surface area contributed by atoms with Gasteiger partial charge in [0.15, 0.2) is 11.5 Å². The standard InChI is InChI=1S/C25H19N3O2S/c1-15-3-6-17(7-4-15)22-14-21(28-30-22)24(29)26-19-10-8-18(9-11-19)25-27-20-12-5-16(2)13-23(20)31-25/h3-14H,1-2H3,(H,26,29). The SMILES string of the molecule is Cc1ccc(-c2cc(C(=O)Nc3ccc(-c4nc5ccc(C)cc5s4)cc3)no2)cc1. The zero-order valence-electron chi connectivity index (χ0n) is 17.0. The van der Waals surface area contributed by atoms with Crippen molar-refractivity contribution in [1.29, 1.82) is 0 Å². The highest BCUT2D eigenvalue weighted by molar-refractivity contribution is 7.21. The highest BCUT2D eigenvalue weighted by Gasteiger charge is 2.14. The Morgan fingerprint density at radius 2 is 1.58 bits per heavy atom. The average Bonchev–Trinajstić information content (AvgIpc) is 3.42. The average molecular weight is 426 g/mol. The van der Waals surface area contributed by atoms with Crippen molar-refractivity contribution in [2.75, 3.05) is 5.32 Å². The Balaban J connectivity index is 1.31. The number of carbonyl (C=O) groups is 1. The first kappa shape index (κ1) is 19.2. The smallest absolute Gasteiger partial charge is 0.277 e. The molecule has 0 unspecified atom stereocenters. The molecule has 0 spiro atoms. The van der Waals surface area contributed by atoms with Crippen LogP contribution in [-0.4, -0.2) is 16.0 Å². The number of fused-ring (bicyclic) bond motifs is 1. The van der Waals surface area contributed by atoms with E-state index in [0.29, 0.717) is 11.4 Å². The fraction of sp³-hybridized carbons (Fsp3) is 0.0800. The van der Waals surface area contributed by atoms with Crippen molar-refractivity contribution in [2.24, 2.45) is 0 Å². The van der Waals surface area contributed by atoms with E-state index in [1.54, 1.807) is 17.4 Å². The second kappa shape index (κ2) is 7.81. The first-order valence-corrected chi connectivity index (χ1v) is 10.7. The van der Waals surface area contributed by atoms with Gasteiger partial charge in [0.05, 0.1) is 10.2 Å². The van der Waals surface area contributed by atoms with Crippen LogP contribution in [0.25, 0.3) is 32.1 Å². The molecule has 3 aromatic carbocycles. The number of benzene rings is 3. The van der Waals surface area contributed by atoms with Crippen molar-refractivity contribution in [3.63, 3.8) is 0 Å². The van der Waals surface area contributed by atoms with Crippen LogP contribution in [0, 0.1) is 13.8 Å². The molecule has 0 aliphatic carbocycles. The molecule has 2 heterocycles. The van der Waals surface area contributed by atoms with Crippen molar-refractivity contribution >= 4 is 33.1 Å². The predicted octanol–water partition coefficient (Wildman–Crippen LogP) is 6.49. The van der Waals surface area contributed by atoms with Crippen LogP contribution in [0.2, 0.25) is 0 Å². The number of hydrogen-bond acceptors (Lipinski definition) is 5. The molecule has 0 aliphatic heterocycles. The van der Waals surface area contributed by atoms with Gasteiger partial charge in [-0.15, -0.1) is 11.3 Å². The Morgan fingerprint density at radius 1 is 0.871 bits per heavy atom. The topological polar surface area (TPSA) is 68.0 Å². The lowest BCUT2D eigenvalue weighted by Gasteiger charge is -2.03. The molecule has 5 aromatic rings. The van der Waals surface area contributed by atoms with Gasteiger partial charge in [0, 0.05) is 22.9 Å². The maximum atomic E-state index is 12.6. The normalized spacial score (nSPS) is 11.0. The van der Waals surface area contributed by atoms with Crippen molar-refractivity contribution in [1.82, 2.24) is 10.1 Å². The number of thiazole rings is 1. The number of rotatable bonds is 4. The molecule has 31 heavy (non-hydrogen) atoms. The van der Waals surface area contributed by atoms with E-state index in [0.717, 1.165) is 27.2 Å². The molecular formula is C25H19N3O2S. The Labute approximate surface area is 183 Å². The van der Waals surface area contributed by atoms with E-state index in [-0.39, 0.29) is 11.6 Å². The van der Waals surface area contributed by atoms with E-state index >= 15 is 0 Å². The lowest BCUT2D eigenvalue weighted by molar-refractivity contribution is 0.101. The number of hydrogen-bond donors (Lipinski definition) is 1. The molecule has 0 atom stereocenters. The molecule has 0 saturated carbocycles. The molecule has 5 rings (SSSR count). The van der Waals surface area contributed by atoms with Crippen LogP contribution < -0.4 is 5.32 Å². The molecule has 0 aliphatic rings. The van der Waals surface area contributed by atoms with Gasteiger partial charge in [-0.05, 0) is 55.8 Å². The van der Waals surface area contributed by atoms with Crippen LogP contribution in [0.3, 0.4) is 0 Å². The van der Waals surface area contributed by atoms with Gasteiger partial charge in [-0.25, -0.2) is 4.98 Å². The third-order valence-electron chi connectivity index (χ3n) is 5.01. The van der Waals surface area contributed by atoms with Gasteiger partial charge in [-0.2, -0.15) is 0 Å². The summed E-state index contributed by atoms with van der Waals surface area (Å²) in [5, 5.41) is 7.73. The summed E-state index contributed by atoms with van der Waals surface area (Å²) < 4.78 is 6.52. The minimum Gasteiger partial charge on any atom is -0.355 e. The highest BCUT2D eigenvalue weighted by Crippen LogP contribution is 2.31. The summed E-state index contributed by atoms with van der Waals surface area (Å²) in [7, 11) is 0. The van der Waals surface area contributed by atoms with E-state index in [4.69, 9.17) is 9.51 Å². The van der Waals surface area contributed by atoms with E-state index < -0.39 is 0 Å². The lowest BCUT2D eigenvalue weighted by atomic mass is 10.1. The summed E-state index contributed by atoms with van der Waals surface area (Å²) in [6, 6.07) is 23.4. The lowest BCUT2D eigenvalue weighted by Crippen LogP contribution is -2.11. The molecular weight excluding hydrogens is 406 g/mol. The van der Waals surface area contributed by atoms with Gasteiger partial charge in [0.1, 0.15) is 5.01 Å². The maximum absolute atomic E-state index is 12.6. The molecule has 5 nitrogen and oxygen atoms in total. The van der Waals surface area contributed by atoms with Crippen LogP contribution in [0.5, 0.6) is 0 Å². The van der Waals surface area contributed by atoms with E-state index in [1.807, 2.05) is 61.5 Å². The number of amides is 1. The van der Waals surface area contributed by atoms with Crippen LogP contribution in [0.15, 0.2) is 77.3 Å². The second-order valence-electron chi connectivity index (χ2n) is 7.46. The number of nitrogens with zero attached hydrogens (tertiary/aromatic N) is 2. The number of aromatic nitrogens is 2. The van der Waals surface area contributed by atoms with E-state index in [2.05, 4.69) is 29.5 Å². The number of anilines is 1. The fourth-order valence-corrected chi connectivity index (χ4v) is 4.35. The highest BCUT2D eigenvalue weighted by atomic mass is 32.1. The quantitative estimate of drug-likeness (QED) is 0.357. The van der Waals surface area contributed by atoms with Crippen LogP contribution in [0.1, 0.15) is 21.6 Å². The first-order chi connectivity index (χ1) is 15.0. The van der Waals surface area contributed by atoms with E-state index in [1.165, 1.54) is 10.3 Å². The molecule has 1 amide bonds. The number of carbonyl (C=O) groups excluding carboxylic acids is 1. The van der Waals surface area contributed by atoms with Gasteiger partial charge >= 0.3 is 0 Å². The minimum atomic E-state index is -0.315. The first-order valence-electron chi connectivity index (χ1n) is 9.88. The Morgan fingerprint density at radius 3 is 2.35 bits per heavy atom. The zero-order chi connectivity index (χ0) is 21.4. The zero-order valence-corrected chi connectivity index (χ0v) is 17.9. The Bertz CT molecular complexity index is 1380. The van der Waals surface area contributed by atoms with Crippen LogP contribution in [0.4, 0.5) is 5.69 Å². The largest absolute Gasteiger partial charge is 0.355 e. The molecule has 0 fully saturated rings. The summed E-state index contributed by atoms with van der Waals surface area (Å²) in [5.41, 5.74) is 6.20. The summed E-state index contributed by atoms with van der Waals surface area (Å²) >= 11 is 1.66. The minimum absolute atomic E-state index is 0.237. The summed E-state index contributed by atoms with van der Waals surface area (Å²) in [4.78, 5) is 17.3. The monoisotopic (exact) mass is 425 g/mol. The molecule has 6 heteroatoms. The molecule has 2 aromatic heterocycles. The Kier molecular flexibility index (Phi) is 4.84. The van der Waals surface area contributed by atoms with Gasteiger partial charge in [0.25, 0.3) is 5.91 Å². The second-order valence-corrected chi connectivity index (χ2v) is 8.49. The van der Waals surface area contributed by atoms with Gasteiger partial charge in [-0.1, -0.05) is 41.1 Å². The number of nitrogens with one attached hydrogen (secondary N) is 1. The van der Waals surface area contributed by atoms with Crippen molar-refractivity contribution < 1.29 is 9.32 Å². The molecule has 0 radical (unpaired) electrons. The summed E-state index contributed by atoms with van der Waals surface area (Å²) in [6.45, 7) is 4.10. The van der Waals surface area contributed by atoms with Crippen molar-refractivity contribution in [2.45, 2.75) is 13.8 Å². The van der Waals surface area contributed by atoms with Gasteiger partial charge in [-0.3, -0.25) is 4.79 Å². The molecule has 0 bridgehead atoms. The van der Waals surface area contributed by atoms with E-state index in [9.17, 15) is 4.79 Å². The van der Waals surface area contributed by atoms with Crippen molar-refractivity contribution in [3.8, 4) is 21.9 Å². The third-order valence-corrected chi connectivity index (χ3v) is 6.08. The summed E-state index contributed by atoms with van der Waals surface area (Å²) in [5.74, 6) is 0.247. The predicted molar refractivity (Wildman–Crippen MR) is 124 cm³/mol. The molecule has 1 N–H and O–H groups in total. The Hall–Kier alpha value is -3.77. The maximum Gasteiger partial charge on any atom is 0.277 e.